The lowest BCUT2D eigenvalue weighted by molar-refractivity contribution is 0.0643. The van der Waals surface area contributed by atoms with Crippen LogP contribution in [0.5, 0.6) is 5.75 Å². The summed E-state index contributed by atoms with van der Waals surface area (Å²) in [4.78, 5) is 9.81. The van der Waals surface area contributed by atoms with Crippen molar-refractivity contribution in [2.45, 2.75) is 58.2 Å². The van der Waals surface area contributed by atoms with E-state index >= 15 is 0 Å². The van der Waals surface area contributed by atoms with Crippen molar-refractivity contribution >= 4 is 5.96 Å². The number of nitrogens with zero attached hydrogens (tertiary/aromatic N) is 3. The number of nitrogens with one attached hydrogen (secondary N) is 2. The highest BCUT2D eigenvalue weighted by atomic mass is 16.5. The van der Waals surface area contributed by atoms with E-state index in [1.54, 1.807) is 7.11 Å². The number of likely N-dealkylation sites (tertiary alicyclic amines) is 1. The van der Waals surface area contributed by atoms with Gasteiger partial charge in [0.15, 0.2) is 5.96 Å². The number of hydrogen-bond acceptors (Lipinski definition) is 5. The van der Waals surface area contributed by atoms with E-state index in [4.69, 9.17) is 14.5 Å². The van der Waals surface area contributed by atoms with Crippen LogP contribution in [0, 0.1) is 0 Å². The molecule has 1 fully saturated rings. The second-order valence-electron chi connectivity index (χ2n) is 9.34. The summed E-state index contributed by atoms with van der Waals surface area (Å²) in [5.74, 6) is 1.72. The van der Waals surface area contributed by atoms with Gasteiger partial charge in [-0.1, -0.05) is 12.1 Å². The first-order valence-corrected chi connectivity index (χ1v) is 12.0. The zero-order valence-corrected chi connectivity index (χ0v) is 21.1. The molecule has 2 rings (SSSR count). The van der Waals surface area contributed by atoms with E-state index in [1.165, 1.54) is 12.8 Å². The average molecular weight is 448 g/mol. The minimum atomic E-state index is 0.0607. The summed E-state index contributed by atoms with van der Waals surface area (Å²) in [6.45, 7) is 12.8. The van der Waals surface area contributed by atoms with Gasteiger partial charge in [-0.05, 0) is 71.8 Å². The molecular weight excluding hydrogens is 402 g/mol. The van der Waals surface area contributed by atoms with Crippen LogP contribution in [0.15, 0.2) is 29.3 Å². The van der Waals surface area contributed by atoms with Crippen LogP contribution in [-0.4, -0.2) is 87.9 Å². The first-order chi connectivity index (χ1) is 15.4. The highest BCUT2D eigenvalue weighted by molar-refractivity contribution is 5.79. The number of ether oxygens (including phenoxy) is 2. The third kappa shape index (κ3) is 8.96. The number of benzene rings is 1. The van der Waals surface area contributed by atoms with Gasteiger partial charge in [0.2, 0.25) is 0 Å². The second-order valence-corrected chi connectivity index (χ2v) is 9.34. The SMILES string of the molecule is CCOCCCNC(=NCc1ccc(OC)cc1)NCC(C)(C)N1CCC(N(C)C)CC1. The first kappa shape index (κ1) is 26.4. The van der Waals surface area contributed by atoms with Crippen LogP contribution in [-0.2, 0) is 11.3 Å². The number of rotatable bonds is 12. The van der Waals surface area contributed by atoms with Crippen molar-refractivity contribution in [1.82, 2.24) is 20.4 Å². The monoisotopic (exact) mass is 447 g/mol. The Morgan fingerprint density at radius 3 is 2.44 bits per heavy atom. The van der Waals surface area contributed by atoms with Gasteiger partial charge in [-0.15, -0.1) is 0 Å². The van der Waals surface area contributed by atoms with Gasteiger partial charge in [0.05, 0.1) is 13.7 Å². The zero-order chi connectivity index (χ0) is 23.4. The maximum Gasteiger partial charge on any atom is 0.191 e. The summed E-state index contributed by atoms with van der Waals surface area (Å²) in [6, 6.07) is 8.78. The fraction of sp³-hybridized carbons (Fsp3) is 0.720. The van der Waals surface area contributed by atoms with Crippen molar-refractivity contribution in [3.05, 3.63) is 29.8 Å². The van der Waals surface area contributed by atoms with E-state index in [1.807, 2.05) is 19.1 Å². The molecule has 0 saturated carbocycles. The Morgan fingerprint density at radius 2 is 1.84 bits per heavy atom. The highest BCUT2D eigenvalue weighted by Crippen LogP contribution is 2.22. The standard InChI is InChI=1S/C25H45N5O2/c1-7-32-18-8-15-26-24(27-19-21-9-11-23(31-6)12-10-21)28-20-25(2,3)30-16-13-22(14-17-30)29(4)5/h9-12,22H,7-8,13-20H2,1-6H3,(H2,26,27,28). The van der Waals surface area contributed by atoms with Gasteiger partial charge in [0.25, 0.3) is 0 Å². The molecule has 0 bridgehead atoms. The molecule has 1 aliphatic heterocycles. The van der Waals surface area contributed by atoms with Crippen molar-refractivity contribution < 1.29 is 9.47 Å². The lowest BCUT2D eigenvalue weighted by atomic mass is 9.96. The Bertz CT molecular complexity index is 667. The van der Waals surface area contributed by atoms with Gasteiger partial charge < -0.3 is 25.0 Å². The zero-order valence-electron chi connectivity index (χ0n) is 21.1. The topological polar surface area (TPSA) is 61.4 Å². The molecule has 32 heavy (non-hydrogen) atoms. The summed E-state index contributed by atoms with van der Waals surface area (Å²) >= 11 is 0. The normalized spacial score (nSPS) is 16.4. The molecule has 0 unspecified atom stereocenters. The van der Waals surface area contributed by atoms with Crippen LogP contribution in [0.2, 0.25) is 0 Å². The van der Waals surface area contributed by atoms with E-state index in [-0.39, 0.29) is 5.54 Å². The lowest BCUT2D eigenvalue weighted by Gasteiger charge is -2.44. The van der Waals surface area contributed by atoms with E-state index < -0.39 is 0 Å². The molecule has 1 aromatic carbocycles. The van der Waals surface area contributed by atoms with Gasteiger partial charge in [0.1, 0.15) is 5.75 Å². The lowest BCUT2D eigenvalue weighted by Crippen LogP contribution is -2.57. The van der Waals surface area contributed by atoms with Crippen molar-refractivity contribution in [3.8, 4) is 5.75 Å². The summed E-state index contributed by atoms with van der Waals surface area (Å²) in [6.07, 6.45) is 3.41. The minimum Gasteiger partial charge on any atom is -0.497 e. The molecule has 182 valence electrons. The van der Waals surface area contributed by atoms with Gasteiger partial charge in [-0.2, -0.15) is 0 Å². The van der Waals surface area contributed by atoms with Crippen LogP contribution >= 0.6 is 0 Å². The molecule has 1 saturated heterocycles. The molecule has 1 heterocycles. The molecule has 1 aliphatic rings. The molecule has 2 N–H and O–H groups in total. The Hall–Kier alpha value is -1.83. The average Bonchev–Trinajstić information content (AvgIpc) is 2.80. The third-order valence-electron chi connectivity index (χ3n) is 6.28. The van der Waals surface area contributed by atoms with Gasteiger partial charge in [-0.3, -0.25) is 4.90 Å². The predicted octanol–water partition coefficient (Wildman–Crippen LogP) is 2.96. The molecule has 0 aliphatic carbocycles. The Kier molecular flexibility index (Phi) is 11.3. The first-order valence-electron chi connectivity index (χ1n) is 12.0. The molecule has 1 aromatic rings. The molecule has 0 radical (unpaired) electrons. The van der Waals surface area contributed by atoms with E-state index in [0.717, 1.165) is 63.1 Å². The van der Waals surface area contributed by atoms with Crippen molar-refractivity contribution in [2.24, 2.45) is 4.99 Å². The maximum atomic E-state index is 5.46. The summed E-state index contributed by atoms with van der Waals surface area (Å²) in [5.41, 5.74) is 1.22. The largest absolute Gasteiger partial charge is 0.497 e. The highest BCUT2D eigenvalue weighted by Gasteiger charge is 2.31. The summed E-state index contributed by atoms with van der Waals surface area (Å²) in [7, 11) is 6.07. The molecule has 7 heteroatoms. The van der Waals surface area contributed by atoms with Crippen molar-refractivity contribution in [3.63, 3.8) is 0 Å². The van der Waals surface area contributed by atoms with Crippen molar-refractivity contribution in [1.29, 1.82) is 0 Å². The molecule has 0 amide bonds. The number of piperidine rings is 1. The van der Waals surface area contributed by atoms with Crippen molar-refractivity contribution in [2.75, 3.05) is 60.6 Å². The molecule has 0 aromatic heterocycles. The quantitative estimate of drug-likeness (QED) is 0.292. The molecule has 0 atom stereocenters. The number of guanidine groups is 1. The number of aliphatic imine (C=N–C) groups is 1. The van der Waals surface area contributed by atoms with E-state index in [9.17, 15) is 0 Å². The van der Waals surface area contributed by atoms with Crippen LogP contribution in [0.4, 0.5) is 0 Å². The molecular formula is C25H45N5O2. The predicted molar refractivity (Wildman–Crippen MR) is 134 cm³/mol. The maximum absolute atomic E-state index is 5.46. The van der Waals surface area contributed by atoms with Crippen LogP contribution in [0.25, 0.3) is 0 Å². The summed E-state index contributed by atoms with van der Waals surface area (Å²) < 4.78 is 10.7. The molecule has 7 nitrogen and oxygen atoms in total. The minimum absolute atomic E-state index is 0.0607. The fourth-order valence-corrected chi connectivity index (χ4v) is 4.00. The summed E-state index contributed by atoms with van der Waals surface area (Å²) in [5, 5.41) is 7.07. The second kappa shape index (κ2) is 13.7. The van der Waals surface area contributed by atoms with Crippen LogP contribution in [0.3, 0.4) is 0 Å². The third-order valence-corrected chi connectivity index (χ3v) is 6.28. The Labute approximate surface area is 195 Å². The number of methoxy groups -OCH3 is 1. The molecule has 0 spiro atoms. The Balaban J connectivity index is 1.93. The van der Waals surface area contributed by atoms with Crippen LogP contribution in [0.1, 0.15) is 45.6 Å². The van der Waals surface area contributed by atoms with Gasteiger partial charge in [0, 0.05) is 51.0 Å². The van der Waals surface area contributed by atoms with E-state index in [0.29, 0.717) is 12.6 Å². The van der Waals surface area contributed by atoms with Gasteiger partial charge >= 0.3 is 0 Å². The smallest absolute Gasteiger partial charge is 0.191 e. The van der Waals surface area contributed by atoms with Crippen LogP contribution < -0.4 is 15.4 Å². The number of hydrogen-bond donors (Lipinski definition) is 2. The fourth-order valence-electron chi connectivity index (χ4n) is 4.00. The van der Waals surface area contributed by atoms with E-state index in [2.05, 4.69) is 60.5 Å². The van der Waals surface area contributed by atoms with Gasteiger partial charge in [-0.25, -0.2) is 4.99 Å². The Morgan fingerprint density at radius 1 is 1.16 bits per heavy atom.